The lowest BCUT2D eigenvalue weighted by molar-refractivity contribution is -0.132. The van der Waals surface area contributed by atoms with Crippen LogP contribution < -0.4 is 4.72 Å². The first-order valence-electron chi connectivity index (χ1n) is 6.49. The van der Waals surface area contributed by atoms with E-state index in [-0.39, 0.29) is 23.9 Å². The number of rotatable bonds is 4. The summed E-state index contributed by atoms with van der Waals surface area (Å²) in [7, 11) is -3.67. The maximum Gasteiger partial charge on any atom is 0.241 e. The third-order valence-corrected chi connectivity index (χ3v) is 4.63. The van der Waals surface area contributed by atoms with Crippen molar-refractivity contribution in [1.82, 2.24) is 9.62 Å². The molecule has 1 unspecified atom stereocenters. The van der Waals surface area contributed by atoms with Gasteiger partial charge in [-0.05, 0) is 25.0 Å². The summed E-state index contributed by atoms with van der Waals surface area (Å²) in [6.07, 6.45) is 0.899. The zero-order valence-corrected chi connectivity index (χ0v) is 11.8. The molecule has 1 aromatic carbocycles. The number of hydrogen-bond donors (Lipinski definition) is 2. The summed E-state index contributed by atoms with van der Waals surface area (Å²) < 4.78 is 26.2. The maximum absolute atomic E-state index is 12.0. The molecule has 0 radical (unpaired) electrons. The number of aliphatic hydroxyl groups is 1. The van der Waals surface area contributed by atoms with E-state index in [4.69, 9.17) is 0 Å². The van der Waals surface area contributed by atoms with Gasteiger partial charge in [-0.3, -0.25) is 4.79 Å². The number of sulfonamides is 1. The third-order valence-electron chi connectivity index (χ3n) is 3.22. The van der Waals surface area contributed by atoms with Crippen molar-refractivity contribution in [2.45, 2.75) is 23.8 Å². The van der Waals surface area contributed by atoms with Gasteiger partial charge in [-0.15, -0.1) is 0 Å². The van der Waals surface area contributed by atoms with Crippen LogP contribution in [0.4, 0.5) is 0 Å². The monoisotopic (exact) mass is 298 g/mol. The maximum atomic E-state index is 12.0. The summed E-state index contributed by atoms with van der Waals surface area (Å²) in [5.41, 5.74) is 0. The van der Waals surface area contributed by atoms with Gasteiger partial charge in [0, 0.05) is 13.1 Å². The van der Waals surface area contributed by atoms with Gasteiger partial charge in [0.2, 0.25) is 15.9 Å². The van der Waals surface area contributed by atoms with Crippen molar-refractivity contribution >= 4 is 15.9 Å². The highest BCUT2D eigenvalue weighted by atomic mass is 32.2. The summed E-state index contributed by atoms with van der Waals surface area (Å²) in [6.45, 7) is 0.540. The van der Waals surface area contributed by atoms with Crippen molar-refractivity contribution in [1.29, 1.82) is 0 Å². The number of aliphatic hydroxyl groups excluding tert-OH is 1. The Kier molecular flexibility index (Phi) is 4.74. The molecule has 6 nitrogen and oxygen atoms in total. The molecular formula is C13H18N2O4S. The lowest BCUT2D eigenvalue weighted by Crippen LogP contribution is -2.46. The van der Waals surface area contributed by atoms with E-state index in [1.165, 1.54) is 17.0 Å². The normalized spacial score (nSPS) is 19.9. The number of carbonyl (C=O) groups excluding carboxylic acids is 1. The fourth-order valence-corrected chi connectivity index (χ4v) is 3.13. The van der Waals surface area contributed by atoms with Gasteiger partial charge in [-0.1, -0.05) is 18.2 Å². The smallest absolute Gasteiger partial charge is 0.241 e. The highest BCUT2D eigenvalue weighted by Crippen LogP contribution is 2.10. The molecule has 0 aliphatic carbocycles. The number of nitrogens with one attached hydrogen (secondary N) is 1. The molecule has 1 amide bonds. The number of likely N-dealkylation sites (tertiary alicyclic amines) is 1. The first-order chi connectivity index (χ1) is 9.49. The number of benzene rings is 1. The summed E-state index contributed by atoms with van der Waals surface area (Å²) in [4.78, 5) is 13.5. The SMILES string of the molecule is O=C(CNS(=O)(=O)c1ccccc1)N1CCCC(O)C1. The predicted molar refractivity (Wildman–Crippen MR) is 73.5 cm³/mol. The van der Waals surface area contributed by atoms with Gasteiger partial charge in [-0.2, -0.15) is 0 Å². The molecule has 1 atom stereocenters. The number of hydrogen-bond acceptors (Lipinski definition) is 4. The second-order valence-corrected chi connectivity index (χ2v) is 6.54. The van der Waals surface area contributed by atoms with E-state index in [9.17, 15) is 18.3 Å². The largest absolute Gasteiger partial charge is 0.391 e. The van der Waals surface area contributed by atoms with E-state index in [2.05, 4.69) is 4.72 Å². The van der Waals surface area contributed by atoms with E-state index in [0.717, 1.165) is 6.42 Å². The van der Waals surface area contributed by atoms with Crippen LogP contribution in [-0.2, 0) is 14.8 Å². The van der Waals surface area contributed by atoms with Crippen LogP contribution in [0.15, 0.2) is 35.2 Å². The number of carbonyl (C=O) groups is 1. The zero-order valence-electron chi connectivity index (χ0n) is 11.0. The Hall–Kier alpha value is -1.44. The Morgan fingerprint density at radius 1 is 1.35 bits per heavy atom. The van der Waals surface area contributed by atoms with Gasteiger partial charge in [0.05, 0.1) is 17.5 Å². The molecule has 1 heterocycles. The quantitative estimate of drug-likeness (QED) is 0.816. The standard InChI is InChI=1S/C13H18N2O4S/c16-11-5-4-8-15(10-11)13(17)9-14-20(18,19)12-6-2-1-3-7-12/h1-3,6-7,11,14,16H,4-5,8-10H2. The lowest BCUT2D eigenvalue weighted by atomic mass is 10.1. The van der Waals surface area contributed by atoms with Gasteiger partial charge >= 0.3 is 0 Å². The first-order valence-corrected chi connectivity index (χ1v) is 7.98. The second-order valence-electron chi connectivity index (χ2n) is 4.77. The molecule has 1 aliphatic rings. The topological polar surface area (TPSA) is 86.7 Å². The van der Waals surface area contributed by atoms with Crippen LogP contribution in [-0.4, -0.2) is 50.1 Å². The summed E-state index contributed by atoms with van der Waals surface area (Å²) in [6, 6.07) is 7.91. The van der Waals surface area contributed by atoms with Crippen LogP contribution in [0.3, 0.4) is 0 Å². The molecule has 7 heteroatoms. The molecule has 2 rings (SSSR count). The molecule has 0 bridgehead atoms. The summed E-state index contributed by atoms with van der Waals surface area (Å²) in [5.74, 6) is -0.316. The second kappa shape index (κ2) is 6.34. The fraction of sp³-hybridized carbons (Fsp3) is 0.462. The Balaban J connectivity index is 1.93. The molecule has 110 valence electrons. The van der Waals surface area contributed by atoms with Crippen LogP contribution >= 0.6 is 0 Å². The van der Waals surface area contributed by atoms with Gasteiger partial charge in [0.25, 0.3) is 0 Å². The first kappa shape index (κ1) is 15.0. The molecule has 0 spiro atoms. The molecule has 0 aromatic heterocycles. The molecule has 0 saturated carbocycles. The molecule has 20 heavy (non-hydrogen) atoms. The number of β-amino-alcohol motifs (C(OH)–C–C–N with tert-alkyl or cyclic N) is 1. The minimum atomic E-state index is -3.67. The van der Waals surface area contributed by atoms with Crippen LogP contribution in [0.5, 0.6) is 0 Å². The number of amides is 1. The summed E-state index contributed by atoms with van der Waals surface area (Å²) >= 11 is 0. The number of nitrogens with zero attached hydrogens (tertiary/aromatic N) is 1. The average molecular weight is 298 g/mol. The van der Waals surface area contributed by atoms with Crippen LogP contribution in [0.25, 0.3) is 0 Å². The van der Waals surface area contributed by atoms with E-state index in [0.29, 0.717) is 13.0 Å². The van der Waals surface area contributed by atoms with E-state index >= 15 is 0 Å². The molecule has 1 aromatic rings. The van der Waals surface area contributed by atoms with E-state index in [1.807, 2.05) is 0 Å². The van der Waals surface area contributed by atoms with Gasteiger partial charge in [0.15, 0.2) is 0 Å². The summed E-state index contributed by atoms with van der Waals surface area (Å²) in [5, 5.41) is 9.50. The van der Waals surface area contributed by atoms with E-state index in [1.54, 1.807) is 18.2 Å². The van der Waals surface area contributed by atoms with Crippen molar-refractivity contribution in [3.8, 4) is 0 Å². The Labute approximate surface area is 118 Å². The van der Waals surface area contributed by atoms with Crippen molar-refractivity contribution in [3.63, 3.8) is 0 Å². The molecule has 2 N–H and O–H groups in total. The van der Waals surface area contributed by atoms with Crippen LogP contribution in [0, 0.1) is 0 Å². The minimum Gasteiger partial charge on any atom is -0.391 e. The zero-order chi connectivity index (χ0) is 14.6. The minimum absolute atomic E-state index is 0.131. The highest BCUT2D eigenvalue weighted by molar-refractivity contribution is 7.89. The fourth-order valence-electron chi connectivity index (χ4n) is 2.13. The predicted octanol–water partition coefficient (Wildman–Crippen LogP) is -0.0518. The van der Waals surface area contributed by atoms with Crippen LogP contribution in [0.1, 0.15) is 12.8 Å². The van der Waals surface area contributed by atoms with Gasteiger partial charge < -0.3 is 10.0 Å². The third kappa shape index (κ3) is 3.78. The van der Waals surface area contributed by atoms with Gasteiger partial charge in [0.1, 0.15) is 0 Å². The van der Waals surface area contributed by atoms with E-state index < -0.39 is 16.1 Å². The molecule has 1 fully saturated rings. The number of piperidine rings is 1. The van der Waals surface area contributed by atoms with Crippen molar-refractivity contribution in [3.05, 3.63) is 30.3 Å². The van der Waals surface area contributed by atoms with Crippen molar-refractivity contribution in [2.75, 3.05) is 19.6 Å². The lowest BCUT2D eigenvalue weighted by Gasteiger charge is -2.30. The van der Waals surface area contributed by atoms with Crippen LogP contribution in [0.2, 0.25) is 0 Å². The molecule has 1 aliphatic heterocycles. The Morgan fingerprint density at radius 2 is 2.05 bits per heavy atom. The average Bonchev–Trinajstić information content (AvgIpc) is 2.46. The Morgan fingerprint density at radius 3 is 2.70 bits per heavy atom. The molecular weight excluding hydrogens is 280 g/mol. The Bertz CT molecular complexity index is 559. The van der Waals surface area contributed by atoms with Gasteiger partial charge in [-0.25, -0.2) is 13.1 Å². The highest BCUT2D eigenvalue weighted by Gasteiger charge is 2.23. The van der Waals surface area contributed by atoms with Crippen molar-refractivity contribution in [2.24, 2.45) is 0 Å². The molecule has 1 saturated heterocycles. The van der Waals surface area contributed by atoms with Crippen molar-refractivity contribution < 1.29 is 18.3 Å².